The molecule has 0 saturated carbocycles. The van der Waals surface area contributed by atoms with Crippen LogP contribution in [0.4, 0.5) is 5.69 Å². The summed E-state index contributed by atoms with van der Waals surface area (Å²) in [5, 5.41) is 2.19. The number of para-hydroxylation sites is 1. The van der Waals surface area contributed by atoms with Gasteiger partial charge in [0.15, 0.2) is 0 Å². The second kappa shape index (κ2) is 3.71. The fourth-order valence-electron chi connectivity index (χ4n) is 2.45. The molecule has 0 aromatic heterocycles. The average molecular weight is 212 g/mol. The highest BCUT2D eigenvalue weighted by atomic mass is 15.5. The van der Waals surface area contributed by atoms with Crippen LogP contribution in [0.25, 0.3) is 0 Å². The van der Waals surface area contributed by atoms with Gasteiger partial charge >= 0.3 is 0 Å². The Bertz CT molecular complexity index is 457. The summed E-state index contributed by atoms with van der Waals surface area (Å²) in [4.78, 5) is 0. The number of hydrazine groups is 1. The topological polar surface area (TPSA) is 15.3 Å². The monoisotopic (exact) mass is 212 g/mol. The third kappa shape index (κ3) is 1.42. The third-order valence-corrected chi connectivity index (χ3v) is 3.32. The Labute approximate surface area is 96.2 Å². The van der Waals surface area contributed by atoms with Crippen molar-refractivity contribution in [2.45, 2.75) is 26.2 Å². The highest BCUT2D eigenvalue weighted by molar-refractivity contribution is 5.58. The van der Waals surface area contributed by atoms with Crippen molar-refractivity contribution in [1.82, 2.24) is 5.43 Å². The first-order valence-corrected chi connectivity index (χ1v) is 5.88. The van der Waals surface area contributed by atoms with E-state index >= 15 is 0 Å². The van der Waals surface area contributed by atoms with Gasteiger partial charge in [0.1, 0.15) is 0 Å². The van der Waals surface area contributed by atoms with Crippen LogP contribution in [0.5, 0.6) is 0 Å². The highest BCUT2D eigenvalue weighted by Gasteiger charge is 2.25. The van der Waals surface area contributed by atoms with E-state index in [1.165, 1.54) is 41.9 Å². The molecule has 1 heterocycles. The molecule has 2 heteroatoms. The van der Waals surface area contributed by atoms with E-state index in [-0.39, 0.29) is 0 Å². The molecule has 0 amide bonds. The van der Waals surface area contributed by atoms with E-state index in [0.717, 1.165) is 0 Å². The summed E-state index contributed by atoms with van der Waals surface area (Å²) < 4.78 is 0. The lowest BCUT2D eigenvalue weighted by Crippen LogP contribution is -2.30. The predicted octanol–water partition coefficient (Wildman–Crippen LogP) is 3.35. The summed E-state index contributed by atoms with van der Waals surface area (Å²) in [7, 11) is 0. The smallest absolute Gasteiger partial charge is 0.0626 e. The van der Waals surface area contributed by atoms with Gasteiger partial charge in [-0.2, -0.15) is 0 Å². The Kier molecular flexibility index (Phi) is 2.21. The van der Waals surface area contributed by atoms with Crippen LogP contribution in [0.1, 0.15) is 26.2 Å². The van der Waals surface area contributed by atoms with Crippen molar-refractivity contribution in [3.05, 3.63) is 53.4 Å². The van der Waals surface area contributed by atoms with Gasteiger partial charge in [-0.15, -0.1) is 0 Å². The van der Waals surface area contributed by atoms with E-state index in [1.807, 2.05) is 6.07 Å². The summed E-state index contributed by atoms with van der Waals surface area (Å²) in [6.07, 6.45) is 5.99. The molecule has 82 valence electrons. The Morgan fingerprint density at radius 1 is 1.19 bits per heavy atom. The van der Waals surface area contributed by atoms with Crippen molar-refractivity contribution in [1.29, 1.82) is 0 Å². The lowest BCUT2D eigenvalue weighted by Gasteiger charge is -2.20. The molecule has 0 fully saturated rings. The van der Waals surface area contributed by atoms with Gasteiger partial charge in [0.25, 0.3) is 0 Å². The van der Waals surface area contributed by atoms with E-state index in [0.29, 0.717) is 0 Å². The van der Waals surface area contributed by atoms with E-state index in [4.69, 9.17) is 0 Å². The lowest BCUT2D eigenvalue weighted by molar-refractivity contribution is 0.774. The molecule has 0 bridgehead atoms. The van der Waals surface area contributed by atoms with E-state index < -0.39 is 0 Å². The fourth-order valence-corrected chi connectivity index (χ4v) is 2.45. The minimum Gasteiger partial charge on any atom is -0.294 e. The zero-order valence-corrected chi connectivity index (χ0v) is 9.53. The van der Waals surface area contributed by atoms with Gasteiger partial charge in [0, 0.05) is 5.70 Å². The second-order valence-electron chi connectivity index (χ2n) is 4.36. The molecule has 0 spiro atoms. The minimum absolute atomic E-state index is 1.20. The molecule has 1 N–H and O–H groups in total. The number of rotatable bonds is 1. The molecule has 1 aromatic rings. The fraction of sp³-hybridized carbons (Fsp3) is 0.286. The quantitative estimate of drug-likeness (QED) is 0.768. The normalized spacial score (nSPS) is 19.3. The molecule has 1 aliphatic heterocycles. The summed E-state index contributed by atoms with van der Waals surface area (Å²) in [6, 6.07) is 10.5. The van der Waals surface area contributed by atoms with Gasteiger partial charge in [-0.3, -0.25) is 10.4 Å². The Morgan fingerprint density at radius 3 is 2.75 bits per heavy atom. The number of fused-ring (bicyclic) bond motifs is 1. The number of hydrogen-bond donors (Lipinski definition) is 1. The van der Waals surface area contributed by atoms with Crippen LogP contribution < -0.4 is 10.4 Å². The van der Waals surface area contributed by atoms with Crippen molar-refractivity contribution in [3.8, 4) is 0 Å². The number of nitrogens with one attached hydrogen (secondary N) is 1. The molecular formula is C14H16N2. The maximum atomic E-state index is 3.48. The van der Waals surface area contributed by atoms with Crippen LogP contribution in [-0.2, 0) is 0 Å². The van der Waals surface area contributed by atoms with Gasteiger partial charge < -0.3 is 0 Å². The summed E-state index contributed by atoms with van der Waals surface area (Å²) in [5.74, 6) is 0. The van der Waals surface area contributed by atoms with E-state index in [2.05, 4.69) is 47.7 Å². The molecule has 16 heavy (non-hydrogen) atoms. The van der Waals surface area contributed by atoms with Gasteiger partial charge in [-0.05, 0) is 43.9 Å². The number of hydrogen-bond acceptors (Lipinski definition) is 2. The minimum atomic E-state index is 1.20. The summed E-state index contributed by atoms with van der Waals surface area (Å²) in [5.41, 5.74) is 8.83. The number of nitrogens with zero attached hydrogens (tertiary/aromatic N) is 1. The molecule has 2 aliphatic rings. The van der Waals surface area contributed by atoms with Crippen molar-refractivity contribution < 1.29 is 0 Å². The average Bonchev–Trinajstić information content (AvgIpc) is 2.69. The Morgan fingerprint density at radius 2 is 2.00 bits per heavy atom. The molecule has 3 rings (SSSR count). The number of anilines is 1. The molecule has 0 saturated heterocycles. The largest absolute Gasteiger partial charge is 0.294 e. The molecule has 0 atom stereocenters. The van der Waals surface area contributed by atoms with Gasteiger partial charge in [-0.25, -0.2) is 0 Å². The van der Waals surface area contributed by atoms with Crippen molar-refractivity contribution >= 4 is 5.69 Å². The zero-order valence-electron chi connectivity index (χ0n) is 9.53. The maximum absolute atomic E-state index is 3.48. The third-order valence-electron chi connectivity index (χ3n) is 3.32. The summed E-state index contributed by atoms with van der Waals surface area (Å²) in [6.45, 7) is 2.20. The van der Waals surface area contributed by atoms with Gasteiger partial charge in [-0.1, -0.05) is 24.3 Å². The van der Waals surface area contributed by atoms with E-state index in [9.17, 15) is 0 Å². The SMILES string of the molecule is CC1=C2CCCC=C2NN1c1ccccc1. The van der Waals surface area contributed by atoms with Crippen LogP contribution in [0, 0.1) is 0 Å². The van der Waals surface area contributed by atoms with Crippen molar-refractivity contribution in [3.63, 3.8) is 0 Å². The standard InChI is InChI=1S/C14H16N2/c1-11-13-9-5-6-10-14(13)15-16(11)12-7-3-2-4-8-12/h2-4,7-8,10,15H,5-6,9H2,1H3. The molecule has 0 radical (unpaired) electrons. The first kappa shape index (κ1) is 9.52. The van der Waals surface area contributed by atoms with Gasteiger partial charge in [0.2, 0.25) is 0 Å². The number of allylic oxidation sites excluding steroid dienone is 3. The number of benzene rings is 1. The first-order chi connectivity index (χ1) is 7.86. The Hall–Kier alpha value is -1.70. The molecule has 1 aromatic carbocycles. The van der Waals surface area contributed by atoms with Crippen LogP contribution in [0.15, 0.2) is 53.4 Å². The van der Waals surface area contributed by atoms with Crippen LogP contribution in [0.3, 0.4) is 0 Å². The maximum Gasteiger partial charge on any atom is 0.0626 e. The van der Waals surface area contributed by atoms with Gasteiger partial charge in [0.05, 0.1) is 11.4 Å². The van der Waals surface area contributed by atoms with Crippen LogP contribution in [0.2, 0.25) is 0 Å². The van der Waals surface area contributed by atoms with Crippen LogP contribution >= 0.6 is 0 Å². The molecule has 0 unspecified atom stereocenters. The first-order valence-electron chi connectivity index (χ1n) is 5.88. The molecular weight excluding hydrogens is 196 g/mol. The predicted molar refractivity (Wildman–Crippen MR) is 66.7 cm³/mol. The molecule has 2 nitrogen and oxygen atoms in total. The van der Waals surface area contributed by atoms with E-state index in [1.54, 1.807) is 0 Å². The highest BCUT2D eigenvalue weighted by Crippen LogP contribution is 2.34. The summed E-state index contributed by atoms with van der Waals surface area (Å²) >= 11 is 0. The van der Waals surface area contributed by atoms with Crippen molar-refractivity contribution in [2.24, 2.45) is 0 Å². The Balaban J connectivity index is 1.99. The lowest BCUT2D eigenvalue weighted by atomic mass is 9.98. The second-order valence-corrected chi connectivity index (χ2v) is 4.36. The van der Waals surface area contributed by atoms with Crippen molar-refractivity contribution in [2.75, 3.05) is 5.01 Å². The molecule has 1 aliphatic carbocycles. The van der Waals surface area contributed by atoms with Crippen LogP contribution in [-0.4, -0.2) is 0 Å². The zero-order chi connectivity index (χ0) is 11.0.